The lowest BCUT2D eigenvalue weighted by atomic mass is 10.1. The molecule has 1 aliphatic carbocycles. The Bertz CT molecular complexity index is 1040. The zero-order valence-electron chi connectivity index (χ0n) is 15.7. The van der Waals surface area contributed by atoms with Crippen LogP contribution in [0.4, 0.5) is 11.4 Å². The molecule has 5 heteroatoms. The van der Waals surface area contributed by atoms with Crippen molar-refractivity contribution in [3.05, 3.63) is 66.2 Å². The van der Waals surface area contributed by atoms with Gasteiger partial charge in [-0.15, -0.1) is 0 Å². The second kappa shape index (κ2) is 7.72. The van der Waals surface area contributed by atoms with Crippen LogP contribution in [0.5, 0.6) is 5.75 Å². The van der Waals surface area contributed by atoms with Crippen molar-refractivity contribution in [1.82, 2.24) is 0 Å². The molecular weight excluding hydrogens is 352 g/mol. The number of nitrogens with one attached hydrogen (secondary N) is 2. The minimum Gasteiger partial charge on any atom is -0.484 e. The van der Waals surface area contributed by atoms with Crippen molar-refractivity contribution in [2.75, 3.05) is 17.2 Å². The molecule has 0 bridgehead atoms. The van der Waals surface area contributed by atoms with Gasteiger partial charge < -0.3 is 15.4 Å². The summed E-state index contributed by atoms with van der Waals surface area (Å²) < 4.78 is 5.62. The van der Waals surface area contributed by atoms with Crippen LogP contribution in [0.15, 0.2) is 60.7 Å². The molecule has 5 nitrogen and oxygen atoms in total. The van der Waals surface area contributed by atoms with E-state index >= 15 is 0 Å². The number of ether oxygens (including phenoxy) is 1. The molecule has 3 aromatic carbocycles. The SMILES string of the molecule is Cc1ccc(NC(=O)COc2ccc3ccccc3c2)cc1NC(=O)C1CC1. The fourth-order valence-corrected chi connectivity index (χ4v) is 3.02. The molecule has 0 aromatic heterocycles. The Labute approximate surface area is 163 Å². The van der Waals surface area contributed by atoms with E-state index in [2.05, 4.69) is 10.6 Å². The fraction of sp³-hybridized carbons (Fsp3) is 0.217. The standard InChI is InChI=1S/C23H22N2O3/c1-15-6-10-19(13-21(15)25-23(27)17-7-8-17)24-22(26)14-28-20-11-9-16-4-2-3-5-18(16)12-20/h2-6,9-13,17H,7-8,14H2,1H3,(H,24,26)(H,25,27). The number of benzene rings is 3. The summed E-state index contributed by atoms with van der Waals surface area (Å²) in [4.78, 5) is 24.3. The summed E-state index contributed by atoms with van der Waals surface area (Å²) in [5.74, 6) is 0.575. The van der Waals surface area contributed by atoms with E-state index in [1.165, 1.54) is 0 Å². The first-order valence-corrected chi connectivity index (χ1v) is 9.41. The first kappa shape index (κ1) is 18.0. The highest BCUT2D eigenvalue weighted by Crippen LogP contribution is 2.31. The maximum Gasteiger partial charge on any atom is 0.262 e. The summed E-state index contributed by atoms with van der Waals surface area (Å²) >= 11 is 0. The number of hydrogen-bond acceptors (Lipinski definition) is 3. The van der Waals surface area contributed by atoms with Crippen molar-refractivity contribution in [3.8, 4) is 5.75 Å². The van der Waals surface area contributed by atoms with Gasteiger partial charge in [-0.1, -0.05) is 36.4 Å². The average molecular weight is 374 g/mol. The number of amides is 2. The second-order valence-electron chi connectivity index (χ2n) is 7.14. The molecule has 0 atom stereocenters. The Balaban J connectivity index is 1.36. The number of fused-ring (bicyclic) bond motifs is 1. The van der Waals surface area contributed by atoms with Gasteiger partial charge in [0.2, 0.25) is 5.91 Å². The quantitative estimate of drug-likeness (QED) is 0.667. The molecule has 1 aliphatic rings. The van der Waals surface area contributed by atoms with E-state index in [-0.39, 0.29) is 24.3 Å². The van der Waals surface area contributed by atoms with Crippen molar-refractivity contribution < 1.29 is 14.3 Å². The molecule has 3 aromatic rings. The third-order valence-corrected chi connectivity index (χ3v) is 4.82. The number of carbonyl (C=O) groups excluding carboxylic acids is 2. The van der Waals surface area contributed by atoms with Gasteiger partial charge in [-0.2, -0.15) is 0 Å². The van der Waals surface area contributed by atoms with Crippen molar-refractivity contribution in [2.24, 2.45) is 5.92 Å². The summed E-state index contributed by atoms with van der Waals surface area (Å²) in [6, 6.07) is 19.2. The largest absolute Gasteiger partial charge is 0.484 e. The summed E-state index contributed by atoms with van der Waals surface area (Å²) in [6.07, 6.45) is 1.90. The predicted octanol–water partition coefficient (Wildman–Crippen LogP) is 4.51. The lowest BCUT2D eigenvalue weighted by Crippen LogP contribution is -2.20. The topological polar surface area (TPSA) is 67.4 Å². The van der Waals surface area contributed by atoms with Gasteiger partial charge in [-0.3, -0.25) is 9.59 Å². The third kappa shape index (κ3) is 4.31. The van der Waals surface area contributed by atoms with Gasteiger partial charge in [0.15, 0.2) is 6.61 Å². The minimum absolute atomic E-state index is 0.0474. The van der Waals surface area contributed by atoms with Gasteiger partial charge in [0.05, 0.1) is 0 Å². The summed E-state index contributed by atoms with van der Waals surface area (Å²) in [5.41, 5.74) is 2.31. The molecule has 0 spiro atoms. The van der Waals surface area contributed by atoms with Crippen molar-refractivity contribution in [1.29, 1.82) is 0 Å². The summed E-state index contributed by atoms with van der Waals surface area (Å²) in [5, 5.41) is 7.95. The molecule has 0 aliphatic heterocycles. The number of hydrogen-bond donors (Lipinski definition) is 2. The first-order chi connectivity index (χ1) is 13.6. The molecule has 4 rings (SSSR count). The predicted molar refractivity (Wildman–Crippen MR) is 111 cm³/mol. The van der Waals surface area contributed by atoms with Gasteiger partial charge in [0.25, 0.3) is 5.91 Å². The monoisotopic (exact) mass is 374 g/mol. The first-order valence-electron chi connectivity index (χ1n) is 9.41. The maximum absolute atomic E-state index is 12.3. The average Bonchev–Trinajstić information content (AvgIpc) is 3.54. The third-order valence-electron chi connectivity index (χ3n) is 4.82. The van der Waals surface area contributed by atoms with Crippen LogP contribution in [0.25, 0.3) is 10.8 Å². The Morgan fingerprint density at radius 2 is 1.75 bits per heavy atom. The van der Waals surface area contributed by atoms with Crippen molar-refractivity contribution >= 4 is 34.0 Å². The van der Waals surface area contributed by atoms with E-state index in [1.807, 2.05) is 61.5 Å². The zero-order chi connectivity index (χ0) is 19.5. The second-order valence-corrected chi connectivity index (χ2v) is 7.14. The van der Waals surface area contributed by atoms with E-state index in [9.17, 15) is 9.59 Å². The summed E-state index contributed by atoms with van der Waals surface area (Å²) in [6.45, 7) is 1.84. The molecule has 28 heavy (non-hydrogen) atoms. The molecule has 0 saturated heterocycles. The maximum atomic E-state index is 12.3. The fourth-order valence-electron chi connectivity index (χ4n) is 3.02. The number of carbonyl (C=O) groups is 2. The normalized spacial score (nSPS) is 13.2. The smallest absolute Gasteiger partial charge is 0.262 e. The number of aryl methyl sites for hydroxylation is 1. The lowest BCUT2D eigenvalue weighted by Gasteiger charge is -2.12. The van der Waals surface area contributed by atoms with Crippen LogP contribution in [0.2, 0.25) is 0 Å². The molecule has 0 unspecified atom stereocenters. The number of rotatable bonds is 6. The molecule has 2 amide bonds. The Kier molecular flexibility index (Phi) is 4.98. The Morgan fingerprint density at radius 3 is 2.54 bits per heavy atom. The minimum atomic E-state index is -0.253. The van der Waals surface area contributed by atoms with E-state index in [0.717, 1.165) is 34.9 Å². The Morgan fingerprint density at radius 1 is 0.964 bits per heavy atom. The zero-order valence-corrected chi connectivity index (χ0v) is 15.7. The molecule has 2 N–H and O–H groups in total. The highest BCUT2D eigenvalue weighted by molar-refractivity contribution is 5.97. The van der Waals surface area contributed by atoms with Crippen molar-refractivity contribution in [3.63, 3.8) is 0 Å². The van der Waals surface area contributed by atoms with Crippen LogP contribution in [0, 0.1) is 12.8 Å². The van der Waals surface area contributed by atoms with E-state index < -0.39 is 0 Å². The van der Waals surface area contributed by atoms with Crippen LogP contribution >= 0.6 is 0 Å². The molecule has 0 heterocycles. The molecule has 0 radical (unpaired) electrons. The van der Waals surface area contributed by atoms with Crippen LogP contribution in [0.3, 0.4) is 0 Å². The highest BCUT2D eigenvalue weighted by Gasteiger charge is 2.29. The van der Waals surface area contributed by atoms with Gasteiger partial charge in [0, 0.05) is 17.3 Å². The number of anilines is 2. The van der Waals surface area contributed by atoms with E-state index in [1.54, 1.807) is 6.07 Å². The van der Waals surface area contributed by atoms with Crippen molar-refractivity contribution in [2.45, 2.75) is 19.8 Å². The lowest BCUT2D eigenvalue weighted by molar-refractivity contribution is -0.118. The van der Waals surface area contributed by atoms with Gasteiger partial charge >= 0.3 is 0 Å². The van der Waals surface area contributed by atoms with Crippen LogP contribution in [0.1, 0.15) is 18.4 Å². The molecular formula is C23H22N2O3. The van der Waals surface area contributed by atoms with E-state index in [0.29, 0.717) is 11.4 Å². The van der Waals surface area contributed by atoms with Crippen LogP contribution < -0.4 is 15.4 Å². The van der Waals surface area contributed by atoms with E-state index in [4.69, 9.17) is 4.74 Å². The Hall–Kier alpha value is -3.34. The van der Waals surface area contributed by atoms with Crippen LogP contribution in [-0.4, -0.2) is 18.4 Å². The van der Waals surface area contributed by atoms with Gasteiger partial charge in [-0.25, -0.2) is 0 Å². The van der Waals surface area contributed by atoms with Crippen LogP contribution in [-0.2, 0) is 9.59 Å². The van der Waals surface area contributed by atoms with Gasteiger partial charge in [0.1, 0.15) is 5.75 Å². The highest BCUT2D eigenvalue weighted by atomic mass is 16.5. The summed E-state index contributed by atoms with van der Waals surface area (Å²) in [7, 11) is 0. The molecule has 1 fully saturated rings. The molecule has 142 valence electrons. The molecule has 1 saturated carbocycles. The van der Waals surface area contributed by atoms with Gasteiger partial charge in [-0.05, 0) is 60.4 Å².